The first-order chi connectivity index (χ1) is 16.7. The Morgan fingerprint density at radius 1 is 1.17 bits per heavy atom. The Morgan fingerprint density at radius 3 is 2.74 bits per heavy atom. The molecule has 2 N–H and O–H groups in total. The van der Waals surface area contributed by atoms with Gasteiger partial charge in [0.2, 0.25) is 11.9 Å². The Bertz CT molecular complexity index is 1220. The van der Waals surface area contributed by atoms with Crippen LogP contribution in [0.25, 0.3) is 5.65 Å². The fourth-order valence-electron chi connectivity index (χ4n) is 5.00. The number of amides is 1. The predicted octanol–water partition coefficient (Wildman–Crippen LogP) is 2.84. The van der Waals surface area contributed by atoms with Gasteiger partial charge in [0.15, 0.2) is 5.82 Å². The molecule has 0 aromatic carbocycles. The van der Waals surface area contributed by atoms with Crippen LogP contribution in [-0.2, 0) is 10.3 Å². The van der Waals surface area contributed by atoms with Crippen molar-refractivity contribution in [3.05, 3.63) is 47.5 Å². The number of anilines is 2. The maximum atomic E-state index is 13.1. The Balaban J connectivity index is 1.25. The third-order valence-electron chi connectivity index (χ3n) is 6.99. The number of nitrogens with one attached hydrogen (secondary N) is 2. The van der Waals surface area contributed by atoms with Crippen molar-refractivity contribution < 1.29 is 4.79 Å². The van der Waals surface area contributed by atoms with Crippen LogP contribution in [0.1, 0.15) is 39.8 Å². The topological polar surface area (TPSA) is 90.7 Å². The molecule has 0 saturated carbocycles. The summed E-state index contributed by atoms with van der Waals surface area (Å²) < 4.78 is 2.01. The van der Waals surface area contributed by atoms with E-state index in [4.69, 9.17) is 16.6 Å². The summed E-state index contributed by atoms with van der Waals surface area (Å²) in [6, 6.07) is 6.65. The van der Waals surface area contributed by atoms with E-state index in [0.717, 1.165) is 30.9 Å². The van der Waals surface area contributed by atoms with Gasteiger partial charge in [0.1, 0.15) is 10.7 Å². The molecule has 3 aromatic rings. The monoisotopic (exact) mass is 496 g/mol. The zero-order valence-electron chi connectivity index (χ0n) is 20.7. The lowest BCUT2D eigenvalue weighted by atomic mass is 9.95. The second kappa shape index (κ2) is 9.28. The zero-order valence-corrected chi connectivity index (χ0v) is 21.5. The number of nitrogens with zero attached hydrogens (tertiary/aromatic N) is 6. The van der Waals surface area contributed by atoms with Crippen LogP contribution in [0.4, 0.5) is 11.8 Å². The summed E-state index contributed by atoms with van der Waals surface area (Å²) in [5.74, 6) is 1.27. The fourth-order valence-corrected chi connectivity index (χ4v) is 5.21. The number of hydrogen-bond donors (Lipinski definition) is 2. The van der Waals surface area contributed by atoms with E-state index in [0.29, 0.717) is 42.0 Å². The van der Waals surface area contributed by atoms with Gasteiger partial charge in [-0.15, -0.1) is 0 Å². The molecule has 0 aliphatic carbocycles. The molecule has 10 heteroatoms. The van der Waals surface area contributed by atoms with Crippen molar-refractivity contribution in [3.63, 3.8) is 0 Å². The van der Waals surface area contributed by atoms with E-state index >= 15 is 0 Å². The van der Waals surface area contributed by atoms with Crippen LogP contribution >= 0.6 is 11.6 Å². The predicted molar refractivity (Wildman–Crippen MR) is 138 cm³/mol. The minimum absolute atomic E-state index is 0.0178. The number of halogens is 1. The Morgan fingerprint density at radius 2 is 1.97 bits per heavy atom. The van der Waals surface area contributed by atoms with Gasteiger partial charge < -0.3 is 24.8 Å². The Kier molecular flexibility index (Phi) is 6.31. The summed E-state index contributed by atoms with van der Waals surface area (Å²) in [4.78, 5) is 31.1. The van der Waals surface area contributed by atoms with Crippen LogP contribution in [0, 0.1) is 5.92 Å². The van der Waals surface area contributed by atoms with Gasteiger partial charge in [-0.2, -0.15) is 4.98 Å². The van der Waals surface area contributed by atoms with E-state index < -0.39 is 5.54 Å². The van der Waals surface area contributed by atoms with Gasteiger partial charge >= 0.3 is 0 Å². The molecule has 35 heavy (non-hydrogen) atoms. The molecule has 2 unspecified atom stereocenters. The molecule has 0 radical (unpaired) electrons. The molecule has 0 bridgehead atoms. The molecular formula is C25H33ClN8O. The number of hydrogen-bond acceptors (Lipinski definition) is 7. The summed E-state index contributed by atoms with van der Waals surface area (Å²) in [5.41, 5.74) is 1.24. The largest absolute Gasteiger partial charge is 0.353 e. The van der Waals surface area contributed by atoms with E-state index in [2.05, 4.69) is 44.2 Å². The van der Waals surface area contributed by atoms with E-state index in [1.54, 1.807) is 6.20 Å². The average Bonchev–Trinajstić information content (AvgIpc) is 3.24. The maximum absolute atomic E-state index is 13.1. The van der Waals surface area contributed by atoms with Crippen molar-refractivity contribution >= 4 is 34.9 Å². The number of pyridine rings is 1. The number of aromatic nitrogens is 4. The summed E-state index contributed by atoms with van der Waals surface area (Å²) in [7, 11) is 0. The first-order valence-corrected chi connectivity index (χ1v) is 12.7. The SMILES string of the molecule is CCC1CN(c2ncc(Cl)c(N3CC(C(=O)NC(C)(C)c4cnc5ccccn45)C3)n2)CC(C)N1. The minimum atomic E-state index is -0.563. The van der Waals surface area contributed by atoms with E-state index in [-0.39, 0.29) is 11.8 Å². The average molecular weight is 497 g/mol. The van der Waals surface area contributed by atoms with Crippen molar-refractivity contribution in [2.75, 3.05) is 36.0 Å². The van der Waals surface area contributed by atoms with Crippen molar-refractivity contribution in [2.24, 2.45) is 5.92 Å². The normalized spacial score (nSPS) is 21.3. The number of piperazine rings is 1. The highest BCUT2D eigenvalue weighted by atomic mass is 35.5. The third kappa shape index (κ3) is 4.67. The van der Waals surface area contributed by atoms with Crippen LogP contribution in [-0.4, -0.2) is 63.5 Å². The molecule has 3 aromatic heterocycles. The van der Waals surface area contributed by atoms with Gasteiger partial charge in [-0.1, -0.05) is 24.6 Å². The summed E-state index contributed by atoms with van der Waals surface area (Å²) in [6.45, 7) is 11.2. The quantitative estimate of drug-likeness (QED) is 0.542. The standard InChI is InChI=1S/C25H33ClN8O/c1-5-18-15-33(12-16(2)29-18)24-28-10-19(26)22(30-24)32-13-17(14-32)23(35)31-25(3,4)20-11-27-21-8-6-7-9-34(20)21/h6-11,16-18,29H,5,12-15H2,1-4H3,(H,31,35). The Hall–Kier alpha value is -2.91. The number of carbonyl (C=O) groups excluding carboxylic acids is 1. The first-order valence-electron chi connectivity index (χ1n) is 12.3. The number of rotatable bonds is 6. The molecule has 5 heterocycles. The van der Waals surface area contributed by atoms with Crippen LogP contribution in [0.15, 0.2) is 36.8 Å². The van der Waals surface area contributed by atoms with E-state index in [1.165, 1.54) is 0 Å². The minimum Gasteiger partial charge on any atom is -0.353 e. The molecule has 9 nitrogen and oxygen atoms in total. The molecule has 186 valence electrons. The summed E-state index contributed by atoms with van der Waals surface area (Å²) in [5, 5.41) is 7.33. The zero-order chi connectivity index (χ0) is 24.7. The van der Waals surface area contributed by atoms with Crippen LogP contribution in [0.5, 0.6) is 0 Å². The molecule has 2 saturated heterocycles. The van der Waals surface area contributed by atoms with Crippen LogP contribution < -0.4 is 20.4 Å². The molecule has 5 rings (SSSR count). The van der Waals surface area contributed by atoms with Gasteiger partial charge in [-0.3, -0.25) is 4.79 Å². The Labute approximate surface area is 210 Å². The van der Waals surface area contributed by atoms with Crippen molar-refractivity contribution in [3.8, 4) is 0 Å². The van der Waals surface area contributed by atoms with Gasteiger partial charge in [0.05, 0.1) is 29.5 Å². The molecule has 2 atom stereocenters. The highest BCUT2D eigenvalue weighted by molar-refractivity contribution is 6.32. The van der Waals surface area contributed by atoms with Crippen molar-refractivity contribution in [1.82, 2.24) is 30.0 Å². The molecule has 2 aliphatic heterocycles. The van der Waals surface area contributed by atoms with Crippen LogP contribution in [0.2, 0.25) is 5.02 Å². The maximum Gasteiger partial charge on any atom is 0.227 e. The van der Waals surface area contributed by atoms with Gasteiger partial charge in [0, 0.05) is 44.5 Å². The van der Waals surface area contributed by atoms with Gasteiger partial charge in [-0.05, 0) is 39.3 Å². The fraction of sp³-hybridized carbons (Fsp3) is 0.520. The highest BCUT2D eigenvalue weighted by Crippen LogP contribution is 2.32. The molecule has 2 fully saturated rings. The summed E-state index contributed by atoms with van der Waals surface area (Å²) >= 11 is 6.48. The lowest BCUT2D eigenvalue weighted by molar-refractivity contribution is -0.127. The molecule has 1 amide bonds. The van der Waals surface area contributed by atoms with Crippen molar-refractivity contribution in [2.45, 2.75) is 51.7 Å². The first kappa shape index (κ1) is 23.8. The highest BCUT2D eigenvalue weighted by Gasteiger charge is 2.38. The number of imidazole rings is 1. The number of carbonyl (C=O) groups is 1. The van der Waals surface area contributed by atoms with E-state index in [9.17, 15) is 4.79 Å². The third-order valence-corrected chi connectivity index (χ3v) is 7.26. The van der Waals surface area contributed by atoms with E-state index in [1.807, 2.05) is 48.8 Å². The lowest BCUT2D eigenvalue weighted by Crippen LogP contribution is -2.57. The molecular weight excluding hydrogens is 464 g/mol. The number of fused-ring (bicyclic) bond motifs is 1. The van der Waals surface area contributed by atoms with Crippen LogP contribution in [0.3, 0.4) is 0 Å². The summed E-state index contributed by atoms with van der Waals surface area (Å²) in [6.07, 6.45) is 6.52. The van der Waals surface area contributed by atoms with Gasteiger partial charge in [-0.25, -0.2) is 9.97 Å². The molecule has 0 spiro atoms. The molecule has 2 aliphatic rings. The lowest BCUT2D eigenvalue weighted by Gasteiger charge is -2.41. The second-order valence-electron chi connectivity index (χ2n) is 10.2. The second-order valence-corrected chi connectivity index (χ2v) is 10.6. The smallest absolute Gasteiger partial charge is 0.227 e. The van der Waals surface area contributed by atoms with Crippen molar-refractivity contribution in [1.29, 1.82) is 0 Å². The van der Waals surface area contributed by atoms with Gasteiger partial charge in [0.25, 0.3) is 0 Å².